The third kappa shape index (κ3) is 4.61. The summed E-state index contributed by atoms with van der Waals surface area (Å²) in [5.74, 6) is 1.73. The lowest BCUT2D eigenvalue weighted by Gasteiger charge is -2.28. The average Bonchev–Trinajstić information content (AvgIpc) is 3.34. The van der Waals surface area contributed by atoms with E-state index in [1.165, 1.54) is 42.5 Å². The second kappa shape index (κ2) is 9.34. The number of aromatic nitrogens is 2. The smallest absolute Gasteiger partial charge is 0.264 e. The van der Waals surface area contributed by atoms with Crippen LogP contribution in [0.1, 0.15) is 78.8 Å². The Kier molecular flexibility index (Phi) is 6.57. The highest BCUT2D eigenvalue weighted by Gasteiger charge is 2.25. The molecule has 0 radical (unpaired) electrons. The fourth-order valence-corrected chi connectivity index (χ4v) is 5.33. The number of benzene rings is 1. The Bertz CT molecular complexity index is 997. The van der Waals surface area contributed by atoms with Crippen LogP contribution in [0.4, 0.5) is 0 Å². The molecule has 4 rings (SSSR count). The summed E-state index contributed by atoms with van der Waals surface area (Å²) in [6.45, 7) is 7.84. The van der Waals surface area contributed by atoms with Crippen molar-refractivity contribution in [2.24, 2.45) is 5.92 Å². The molecule has 0 spiro atoms. The van der Waals surface area contributed by atoms with Crippen LogP contribution in [-0.4, -0.2) is 26.9 Å². The molecule has 1 aromatic carbocycles. The van der Waals surface area contributed by atoms with Crippen LogP contribution in [0.3, 0.4) is 0 Å². The summed E-state index contributed by atoms with van der Waals surface area (Å²) in [4.78, 5) is 22.4. The maximum Gasteiger partial charge on any atom is 0.264 e. The van der Waals surface area contributed by atoms with Gasteiger partial charge in [-0.1, -0.05) is 45.2 Å². The Hall–Kier alpha value is -2.14. The Morgan fingerprint density at radius 1 is 1.17 bits per heavy atom. The van der Waals surface area contributed by atoms with E-state index in [1.807, 2.05) is 17.0 Å². The lowest BCUT2D eigenvalue weighted by Crippen LogP contribution is -2.33. The maximum atomic E-state index is 13.4. The maximum absolute atomic E-state index is 13.4. The van der Waals surface area contributed by atoms with Gasteiger partial charge in [0.2, 0.25) is 0 Å². The van der Waals surface area contributed by atoms with Gasteiger partial charge in [0.1, 0.15) is 5.82 Å². The number of carbonyl (C=O) groups excluding carboxylic acids is 1. The number of imidazole rings is 1. The van der Waals surface area contributed by atoms with E-state index >= 15 is 0 Å². The van der Waals surface area contributed by atoms with Gasteiger partial charge in [0.15, 0.2) is 0 Å². The SMILES string of the molecule is Cc1ccc(C(=O)N(CCC(C)C)Cc2nc3ccccc3n2C2CCCCC2)s1. The normalized spacial score (nSPS) is 15.2. The number of fused-ring (bicyclic) bond motifs is 1. The van der Waals surface area contributed by atoms with Crippen LogP contribution in [-0.2, 0) is 6.54 Å². The van der Waals surface area contributed by atoms with Gasteiger partial charge >= 0.3 is 0 Å². The second-order valence-corrected chi connectivity index (χ2v) is 10.3. The van der Waals surface area contributed by atoms with E-state index in [9.17, 15) is 4.79 Å². The molecule has 3 aromatic rings. The van der Waals surface area contributed by atoms with Crippen molar-refractivity contribution in [1.29, 1.82) is 0 Å². The zero-order valence-corrected chi connectivity index (χ0v) is 19.3. The standard InChI is InChI=1S/C25H33N3OS/c1-18(2)15-16-27(25(29)23-14-13-19(3)30-23)17-24-26-21-11-7-8-12-22(21)28(24)20-9-5-4-6-10-20/h7-8,11-14,18,20H,4-6,9-10,15-17H2,1-3H3. The number of aryl methyl sites for hydroxylation is 1. The monoisotopic (exact) mass is 423 g/mol. The molecule has 0 unspecified atom stereocenters. The van der Waals surface area contributed by atoms with E-state index in [-0.39, 0.29) is 5.91 Å². The summed E-state index contributed by atoms with van der Waals surface area (Å²) < 4.78 is 2.45. The van der Waals surface area contributed by atoms with Crippen molar-refractivity contribution in [2.45, 2.75) is 71.9 Å². The van der Waals surface area contributed by atoms with E-state index < -0.39 is 0 Å². The molecule has 2 heterocycles. The molecule has 1 amide bonds. The summed E-state index contributed by atoms with van der Waals surface area (Å²) in [7, 11) is 0. The van der Waals surface area contributed by atoms with Crippen LogP contribution in [0.25, 0.3) is 11.0 Å². The van der Waals surface area contributed by atoms with Crippen molar-refractivity contribution >= 4 is 28.3 Å². The largest absolute Gasteiger partial charge is 0.330 e. The summed E-state index contributed by atoms with van der Waals surface area (Å²) in [5.41, 5.74) is 2.25. The van der Waals surface area contributed by atoms with Gasteiger partial charge in [-0.3, -0.25) is 4.79 Å². The van der Waals surface area contributed by atoms with Crippen molar-refractivity contribution in [1.82, 2.24) is 14.5 Å². The summed E-state index contributed by atoms with van der Waals surface area (Å²) in [6.07, 6.45) is 7.30. The van der Waals surface area contributed by atoms with Crippen molar-refractivity contribution in [3.8, 4) is 0 Å². The molecule has 1 aliphatic rings. The number of nitrogens with zero attached hydrogens (tertiary/aromatic N) is 3. The fourth-order valence-electron chi connectivity index (χ4n) is 4.50. The molecule has 1 aliphatic carbocycles. The van der Waals surface area contributed by atoms with Gasteiger partial charge in [-0.25, -0.2) is 4.98 Å². The van der Waals surface area contributed by atoms with Gasteiger partial charge in [0, 0.05) is 17.5 Å². The Balaban J connectivity index is 1.68. The summed E-state index contributed by atoms with van der Waals surface area (Å²) >= 11 is 1.59. The van der Waals surface area contributed by atoms with Crippen LogP contribution in [0.5, 0.6) is 0 Å². The fraction of sp³-hybridized carbons (Fsp3) is 0.520. The minimum Gasteiger partial charge on any atom is -0.330 e. The average molecular weight is 424 g/mol. The molecule has 160 valence electrons. The number of hydrogen-bond acceptors (Lipinski definition) is 3. The first-order valence-corrected chi connectivity index (χ1v) is 12.2. The van der Waals surface area contributed by atoms with E-state index in [2.05, 4.69) is 49.6 Å². The first-order valence-electron chi connectivity index (χ1n) is 11.3. The number of para-hydroxylation sites is 2. The minimum atomic E-state index is 0.135. The Labute approximate surface area is 183 Å². The molecule has 0 saturated heterocycles. The molecule has 30 heavy (non-hydrogen) atoms. The third-order valence-corrected chi connectivity index (χ3v) is 7.14. The third-order valence-electron chi connectivity index (χ3n) is 6.16. The minimum absolute atomic E-state index is 0.135. The molecular weight excluding hydrogens is 390 g/mol. The van der Waals surface area contributed by atoms with Gasteiger partial charge in [0.05, 0.1) is 22.5 Å². The highest BCUT2D eigenvalue weighted by molar-refractivity contribution is 7.13. The molecule has 0 atom stereocenters. The summed E-state index contributed by atoms with van der Waals surface area (Å²) in [6, 6.07) is 12.9. The van der Waals surface area contributed by atoms with Gasteiger partial charge in [-0.2, -0.15) is 0 Å². The zero-order chi connectivity index (χ0) is 21.1. The number of thiophene rings is 1. The van der Waals surface area contributed by atoms with Crippen LogP contribution in [0, 0.1) is 12.8 Å². The molecular formula is C25H33N3OS. The lowest BCUT2D eigenvalue weighted by molar-refractivity contribution is 0.0732. The van der Waals surface area contributed by atoms with Gasteiger partial charge < -0.3 is 9.47 Å². The number of carbonyl (C=O) groups is 1. The van der Waals surface area contributed by atoms with Gasteiger partial charge in [-0.15, -0.1) is 11.3 Å². The molecule has 4 nitrogen and oxygen atoms in total. The van der Waals surface area contributed by atoms with E-state index in [0.717, 1.165) is 29.2 Å². The van der Waals surface area contributed by atoms with Crippen molar-refractivity contribution in [3.63, 3.8) is 0 Å². The molecule has 1 fully saturated rings. The molecule has 2 aromatic heterocycles. The van der Waals surface area contributed by atoms with E-state index in [0.29, 0.717) is 18.5 Å². The first-order chi connectivity index (χ1) is 14.5. The number of hydrogen-bond donors (Lipinski definition) is 0. The highest BCUT2D eigenvalue weighted by atomic mass is 32.1. The quantitative estimate of drug-likeness (QED) is 0.429. The van der Waals surface area contributed by atoms with E-state index in [1.54, 1.807) is 11.3 Å². The van der Waals surface area contributed by atoms with Crippen LogP contribution < -0.4 is 0 Å². The Morgan fingerprint density at radius 3 is 2.63 bits per heavy atom. The lowest BCUT2D eigenvalue weighted by atomic mass is 9.95. The Morgan fingerprint density at radius 2 is 1.93 bits per heavy atom. The molecule has 1 saturated carbocycles. The van der Waals surface area contributed by atoms with Crippen LogP contribution in [0.15, 0.2) is 36.4 Å². The molecule has 5 heteroatoms. The predicted molar refractivity (Wildman–Crippen MR) is 125 cm³/mol. The van der Waals surface area contributed by atoms with Crippen molar-refractivity contribution < 1.29 is 4.79 Å². The topological polar surface area (TPSA) is 38.1 Å². The number of amides is 1. The molecule has 0 N–H and O–H groups in total. The first kappa shape index (κ1) is 21.1. The highest BCUT2D eigenvalue weighted by Crippen LogP contribution is 2.33. The van der Waals surface area contributed by atoms with Crippen LogP contribution in [0.2, 0.25) is 0 Å². The zero-order valence-electron chi connectivity index (χ0n) is 18.4. The molecule has 0 aliphatic heterocycles. The van der Waals surface area contributed by atoms with Gasteiger partial charge in [0.25, 0.3) is 5.91 Å². The number of rotatable bonds is 7. The van der Waals surface area contributed by atoms with E-state index in [4.69, 9.17) is 4.98 Å². The summed E-state index contributed by atoms with van der Waals surface area (Å²) in [5, 5.41) is 0. The molecule has 0 bridgehead atoms. The van der Waals surface area contributed by atoms with Gasteiger partial charge in [-0.05, 0) is 56.4 Å². The van der Waals surface area contributed by atoms with Crippen LogP contribution >= 0.6 is 11.3 Å². The van der Waals surface area contributed by atoms with Crippen molar-refractivity contribution in [3.05, 3.63) is 52.0 Å². The van der Waals surface area contributed by atoms with Crippen molar-refractivity contribution in [2.75, 3.05) is 6.54 Å². The predicted octanol–water partition coefficient (Wildman–Crippen LogP) is 6.60. The second-order valence-electron chi connectivity index (χ2n) is 9.00.